The standard InChI is InChI=1S/C23H31FN2O4/c24-18-6-8-20(9-7-18)29-15-21-14-26(22(27)16-30-21)19-10-12-25(13-11-19)23(28)17-4-2-1-3-5-17/h6-9,17,19,21H,1-5,10-16H2. The van der Waals surface area contributed by atoms with Gasteiger partial charge in [-0.3, -0.25) is 9.59 Å². The van der Waals surface area contributed by atoms with Gasteiger partial charge in [0, 0.05) is 25.0 Å². The number of carbonyl (C=O) groups is 2. The Hall–Kier alpha value is -2.15. The van der Waals surface area contributed by atoms with E-state index < -0.39 is 0 Å². The van der Waals surface area contributed by atoms with E-state index in [0.29, 0.717) is 24.8 Å². The van der Waals surface area contributed by atoms with E-state index in [0.717, 1.165) is 51.6 Å². The van der Waals surface area contributed by atoms with E-state index in [2.05, 4.69) is 0 Å². The molecule has 1 atom stereocenters. The summed E-state index contributed by atoms with van der Waals surface area (Å²) in [7, 11) is 0. The Morgan fingerprint density at radius 1 is 1.07 bits per heavy atom. The summed E-state index contributed by atoms with van der Waals surface area (Å²) >= 11 is 0. The molecule has 0 aromatic heterocycles. The summed E-state index contributed by atoms with van der Waals surface area (Å²) < 4.78 is 24.4. The molecule has 4 rings (SSSR count). The van der Waals surface area contributed by atoms with Crippen LogP contribution in [-0.4, -0.2) is 66.6 Å². The number of piperidine rings is 1. The summed E-state index contributed by atoms with van der Waals surface area (Å²) in [6.07, 6.45) is 7.04. The molecule has 3 aliphatic rings. The molecule has 2 saturated heterocycles. The fourth-order valence-corrected chi connectivity index (χ4v) is 4.83. The minimum atomic E-state index is -0.304. The average molecular weight is 419 g/mol. The van der Waals surface area contributed by atoms with Crippen molar-refractivity contribution in [1.82, 2.24) is 9.80 Å². The number of benzene rings is 1. The third-order valence-corrected chi connectivity index (χ3v) is 6.58. The van der Waals surface area contributed by atoms with Crippen LogP contribution in [0, 0.1) is 11.7 Å². The van der Waals surface area contributed by atoms with Crippen LogP contribution in [0.4, 0.5) is 4.39 Å². The van der Waals surface area contributed by atoms with E-state index in [1.54, 1.807) is 12.1 Å². The van der Waals surface area contributed by atoms with Crippen molar-refractivity contribution in [2.75, 3.05) is 32.8 Å². The van der Waals surface area contributed by atoms with Crippen LogP contribution in [0.25, 0.3) is 0 Å². The van der Waals surface area contributed by atoms with Crippen molar-refractivity contribution >= 4 is 11.8 Å². The predicted octanol–water partition coefficient (Wildman–Crippen LogP) is 3.00. The normalized spacial score (nSPS) is 24.2. The number of amides is 2. The summed E-state index contributed by atoms with van der Waals surface area (Å²) in [5.41, 5.74) is 0. The van der Waals surface area contributed by atoms with Crippen LogP contribution in [-0.2, 0) is 14.3 Å². The number of rotatable bonds is 5. The third kappa shape index (κ3) is 5.12. The molecule has 7 heteroatoms. The Morgan fingerprint density at radius 2 is 1.77 bits per heavy atom. The molecule has 1 unspecified atom stereocenters. The molecule has 1 saturated carbocycles. The van der Waals surface area contributed by atoms with Gasteiger partial charge >= 0.3 is 0 Å². The maximum Gasteiger partial charge on any atom is 0.248 e. The molecule has 30 heavy (non-hydrogen) atoms. The zero-order valence-electron chi connectivity index (χ0n) is 17.4. The Kier molecular flexibility index (Phi) is 6.87. The van der Waals surface area contributed by atoms with Gasteiger partial charge in [-0.15, -0.1) is 0 Å². The summed E-state index contributed by atoms with van der Waals surface area (Å²) in [5.74, 6) is 0.796. The van der Waals surface area contributed by atoms with Gasteiger partial charge in [-0.1, -0.05) is 19.3 Å². The van der Waals surface area contributed by atoms with Crippen molar-refractivity contribution in [3.8, 4) is 5.75 Å². The van der Waals surface area contributed by atoms with Gasteiger partial charge < -0.3 is 19.3 Å². The number of nitrogens with zero attached hydrogens (tertiary/aromatic N) is 2. The van der Waals surface area contributed by atoms with Gasteiger partial charge in [0.05, 0.1) is 6.54 Å². The molecule has 1 aliphatic carbocycles. The van der Waals surface area contributed by atoms with Gasteiger partial charge in [0.1, 0.15) is 30.9 Å². The Balaban J connectivity index is 1.26. The number of morpholine rings is 1. The first-order valence-corrected chi connectivity index (χ1v) is 11.2. The Labute approximate surface area is 177 Å². The van der Waals surface area contributed by atoms with Crippen molar-refractivity contribution in [3.05, 3.63) is 30.1 Å². The van der Waals surface area contributed by atoms with Crippen LogP contribution < -0.4 is 4.74 Å². The van der Waals surface area contributed by atoms with Gasteiger partial charge in [-0.2, -0.15) is 0 Å². The highest BCUT2D eigenvalue weighted by molar-refractivity contribution is 5.80. The summed E-state index contributed by atoms with van der Waals surface area (Å²) in [6.45, 7) is 2.30. The summed E-state index contributed by atoms with van der Waals surface area (Å²) in [6, 6.07) is 6.02. The van der Waals surface area contributed by atoms with Crippen LogP contribution in [0.2, 0.25) is 0 Å². The number of likely N-dealkylation sites (tertiary alicyclic amines) is 1. The number of carbonyl (C=O) groups excluding carboxylic acids is 2. The lowest BCUT2D eigenvalue weighted by Gasteiger charge is -2.42. The van der Waals surface area contributed by atoms with E-state index in [9.17, 15) is 14.0 Å². The minimum Gasteiger partial charge on any atom is -0.491 e. The third-order valence-electron chi connectivity index (χ3n) is 6.58. The van der Waals surface area contributed by atoms with Crippen molar-refractivity contribution in [2.24, 2.45) is 5.92 Å². The van der Waals surface area contributed by atoms with E-state index in [1.165, 1.54) is 18.6 Å². The van der Waals surface area contributed by atoms with E-state index in [4.69, 9.17) is 9.47 Å². The second kappa shape index (κ2) is 9.77. The highest BCUT2D eigenvalue weighted by Gasteiger charge is 2.35. The quantitative estimate of drug-likeness (QED) is 0.738. The topological polar surface area (TPSA) is 59.1 Å². The van der Waals surface area contributed by atoms with Gasteiger partial charge in [0.25, 0.3) is 0 Å². The lowest BCUT2D eigenvalue weighted by molar-refractivity contribution is -0.156. The molecular weight excluding hydrogens is 387 g/mol. The zero-order chi connectivity index (χ0) is 20.9. The molecule has 164 valence electrons. The molecule has 2 amide bonds. The van der Waals surface area contributed by atoms with Crippen LogP contribution in [0.5, 0.6) is 5.75 Å². The highest BCUT2D eigenvalue weighted by atomic mass is 19.1. The number of hydrogen-bond donors (Lipinski definition) is 0. The molecule has 1 aromatic rings. The zero-order valence-corrected chi connectivity index (χ0v) is 17.4. The monoisotopic (exact) mass is 418 g/mol. The summed E-state index contributed by atoms with van der Waals surface area (Å²) in [4.78, 5) is 29.1. The molecule has 6 nitrogen and oxygen atoms in total. The molecule has 0 radical (unpaired) electrons. The fourth-order valence-electron chi connectivity index (χ4n) is 4.83. The first kappa shape index (κ1) is 21.1. The van der Waals surface area contributed by atoms with Gasteiger partial charge in [0.2, 0.25) is 11.8 Å². The maximum absolute atomic E-state index is 13.0. The smallest absolute Gasteiger partial charge is 0.248 e. The lowest BCUT2D eigenvalue weighted by atomic mass is 9.87. The SMILES string of the molecule is O=C(C1CCCCC1)N1CCC(N2CC(COc3ccc(F)cc3)OCC2=O)CC1. The van der Waals surface area contributed by atoms with E-state index >= 15 is 0 Å². The average Bonchev–Trinajstić information content (AvgIpc) is 2.80. The second-order valence-electron chi connectivity index (χ2n) is 8.64. The van der Waals surface area contributed by atoms with Crippen LogP contribution in [0.3, 0.4) is 0 Å². The number of hydrogen-bond acceptors (Lipinski definition) is 4. The van der Waals surface area contributed by atoms with Crippen LogP contribution in [0.15, 0.2) is 24.3 Å². The lowest BCUT2D eigenvalue weighted by Crippen LogP contribution is -2.56. The first-order chi connectivity index (χ1) is 14.6. The highest BCUT2D eigenvalue weighted by Crippen LogP contribution is 2.28. The van der Waals surface area contributed by atoms with Crippen LogP contribution >= 0.6 is 0 Å². The minimum absolute atomic E-state index is 0.00471. The Morgan fingerprint density at radius 3 is 2.47 bits per heavy atom. The van der Waals surface area contributed by atoms with Gasteiger partial charge in [0.15, 0.2) is 0 Å². The van der Waals surface area contributed by atoms with Crippen molar-refractivity contribution in [1.29, 1.82) is 0 Å². The van der Waals surface area contributed by atoms with Crippen molar-refractivity contribution < 1.29 is 23.5 Å². The van der Waals surface area contributed by atoms with Gasteiger partial charge in [-0.25, -0.2) is 4.39 Å². The molecule has 0 spiro atoms. The maximum atomic E-state index is 13.0. The largest absolute Gasteiger partial charge is 0.491 e. The van der Waals surface area contributed by atoms with Crippen LogP contribution in [0.1, 0.15) is 44.9 Å². The predicted molar refractivity (Wildman–Crippen MR) is 110 cm³/mol. The number of ether oxygens (including phenoxy) is 2. The first-order valence-electron chi connectivity index (χ1n) is 11.2. The molecule has 3 fully saturated rings. The molecule has 2 heterocycles. The van der Waals surface area contributed by atoms with E-state index in [-0.39, 0.29) is 36.4 Å². The van der Waals surface area contributed by atoms with E-state index in [1.807, 2.05) is 9.80 Å². The van der Waals surface area contributed by atoms with Crippen molar-refractivity contribution in [3.63, 3.8) is 0 Å². The number of halogens is 1. The van der Waals surface area contributed by atoms with Crippen molar-refractivity contribution in [2.45, 2.75) is 57.1 Å². The molecule has 0 bridgehead atoms. The molecular formula is C23H31FN2O4. The summed E-state index contributed by atoms with van der Waals surface area (Å²) in [5, 5.41) is 0. The Bertz CT molecular complexity index is 727. The molecule has 1 aromatic carbocycles. The fraction of sp³-hybridized carbons (Fsp3) is 0.652. The molecule has 2 aliphatic heterocycles. The molecule has 0 N–H and O–H groups in total. The second-order valence-corrected chi connectivity index (χ2v) is 8.64. The van der Waals surface area contributed by atoms with Gasteiger partial charge in [-0.05, 0) is 49.9 Å².